The van der Waals surface area contributed by atoms with Crippen LogP contribution in [0.1, 0.15) is 9.67 Å². The van der Waals surface area contributed by atoms with Gasteiger partial charge in [-0.15, -0.1) is 17.9 Å². The number of esters is 1. The summed E-state index contributed by atoms with van der Waals surface area (Å²) in [6.45, 7) is 3.38. The Morgan fingerprint density at radius 3 is 2.74 bits per heavy atom. The van der Waals surface area contributed by atoms with Gasteiger partial charge in [0.15, 0.2) is 6.61 Å². The van der Waals surface area contributed by atoms with Crippen molar-refractivity contribution in [3.63, 3.8) is 0 Å². The zero-order valence-corrected chi connectivity index (χ0v) is 14.5. The van der Waals surface area contributed by atoms with Crippen LogP contribution >= 0.6 is 34.5 Å². The van der Waals surface area contributed by atoms with Gasteiger partial charge in [-0.3, -0.25) is 4.79 Å². The van der Waals surface area contributed by atoms with Crippen LogP contribution < -0.4 is 10.1 Å². The Kier molecular flexibility index (Phi) is 5.87. The normalized spacial score (nSPS) is 10.4. The molecule has 5 nitrogen and oxygen atoms in total. The van der Waals surface area contributed by atoms with Crippen LogP contribution in [0, 0.1) is 0 Å². The number of hydrogen-bond acceptors (Lipinski definition) is 5. The summed E-state index contributed by atoms with van der Waals surface area (Å²) >= 11 is 13.5. The molecular weight excluding hydrogens is 361 g/mol. The van der Waals surface area contributed by atoms with Gasteiger partial charge in [0.05, 0.1) is 16.8 Å². The van der Waals surface area contributed by atoms with Crippen molar-refractivity contribution in [2.45, 2.75) is 0 Å². The maximum absolute atomic E-state index is 12.1. The summed E-state index contributed by atoms with van der Waals surface area (Å²) < 4.78 is 10.7. The molecule has 0 atom stereocenters. The predicted octanol–water partition coefficient (Wildman–Crippen LogP) is 3.68. The highest BCUT2D eigenvalue weighted by atomic mass is 35.5. The Balaban J connectivity index is 2.21. The highest BCUT2D eigenvalue weighted by Gasteiger charge is 2.21. The molecule has 23 heavy (non-hydrogen) atoms. The molecule has 0 spiro atoms. The fraction of sp³-hybridized carbons (Fsp3) is 0.200. The lowest BCUT2D eigenvalue weighted by Gasteiger charge is -2.03. The molecule has 8 heteroatoms. The minimum Gasteiger partial charge on any atom is -0.495 e. The van der Waals surface area contributed by atoms with E-state index >= 15 is 0 Å². The van der Waals surface area contributed by atoms with E-state index < -0.39 is 18.5 Å². The molecule has 0 saturated carbocycles. The van der Waals surface area contributed by atoms with Crippen LogP contribution in [0.5, 0.6) is 5.75 Å². The first kappa shape index (κ1) is 17.6. The maximum atomic E-state index is 12.1. The average Bonchev–Trinajstić information content (AvgIpc) is 2.89. The molecular formula is C15H13Cl2NO4S. The molecule has 0 aliphatic rings. The van der Waals surface area contributed by atoms with E-state index in [1.165, 1.54) is 13.2 Å². The van der Waals surface area contributed by atoms with E-state index in [4.69, 9.17) is 32.7 Å². The zero-order valence-electron chi connectivity index (χ0n) is 12.2. The van der Waals surface area contributed by atoms with Crippen LogP contribution in [0.15, 0.2) is 24.8 Å². The maximum Gasteiger partial charge on any atom is 0.350 e. The first-order chi connectivity index (χ1) is 11.0. The molecule has 2 rings (SSSR count). The molecule has 1 aromatic carbocycles. The number of rotatable bonds is 6. The Morgan fingerprint density at radius 2 is 2.09 bits per heavy atom. The Morgan fingerprint density at radius 1 is 1.35 bits per heavy atom. The third-order valence-corrected chi connectivity index (χ3v) is 5.08. The van der Waals surface area contributed by atoms with E-state index in [-0.39, 0.29) is 9.90 Å². The van der Waals surface area contributed by atoms with Gasteiger partial charge in [-0.25, -0.2) is 4.79 Å². The van der Waals surface area contributed by atoms with Crippen LogP contribution in [0.25, 0.3) is 10.1 Å². The predicted molar refractivity (Wildman–Crippen MR) is 91.9 cm³/mol. The quantitative estimate of drug-likeness (QED) is 0.619. The van der Waals surface area contributed by atoms with E-state index in [1.54, 1.807) is 12.1 Å². The minimum absolute atomic E-state index is 0.188. The van der Waals surface area contributed by atoms with Gasteiger partial charge in [0.1, 0.15) is 15.6 Å². The second kappa shape index (κ2) is 7.68. The number of fused-ring (bicyclic) bond motifs is 1. The van der Waals surface area contributed by atoms with Gasteiger partial charge >= 0.3 is 5.97 Å². The second-order valence-corrected chi connectivity index (χ2v) is 6.15. The molecule has 0 aliphatic heterocycles. The molecule has 0 bridgehead atoms. The summed E-state index contributed by atoms with van der Waals surface area (Å²) in [5.74, 6) is -0.615. The lowest BCUT2D eigenvalue weighted by Crippen LogP contribution is -2.28. The number of hydrogen-bond donors (Lipinski definition) is 1. The molecule has 1 N–H and O–H groups in total. The first-order valence-electron chi connectivity index (χ1n) is 6.48. The molecule has 0 radical (unpaired) electrons. The standard InChI is InChI=1S/C15H13Cl2NO4S/c1-3-6-18-10(19)7-22-15(20)14-11(16)8-4-5-9(21-2)12(17)13(8)23-14/h3-5H,1,6-7H2,2H3,(H,18,19). The Bertz CT molecular complexity index is 772. The molecule has 2 aromatic rings. The molecule has 1 heterocycles. The molecule has 0 aliphatic carbocycles. The SMILES string of the molecule is C=CCNC(=O)COC(=O)c1sc2c(Cl)c(OC)ccc2c1Cl. The van der Waals surface area contributed by atoms with Crippen LogP contribution in [-0.2, 0) is 9.53 Å². The summed E-state index contributed by atoms with van der Waals surface area (Å²) in [5, 5.41) is 3.75. The van der Waals surface area contributed by atoms with Crippen LogP contribution in [0.4, 0.5) is 0 Å². The van der Waals surface area contributed by atoms with E-state index in [1.807, 2.05) is 0 Å². The number of amides is 1. The van der Waals surface area contributed by atoms with E-state index in [0.717, 1.165) is 11.3 Å². The molecule has 0 saturated heterocycles. The fourth-order valence-corrected chi connectivity index (χ4v) is 3.58. The van der Waals surface area contributed by atoms with Crippen LogP contribution in [0.2, 0.25) is 10.0 Å². The highest BCUT2D eigenvalue weighted by Crippen LogP contribution is 2.43. The average molecular weight is 374 g/mol. The van der Waals surface area contributed by atoms with Gasteiger partial charge in [0.25, 0.3) is 5.91 Å². The molecule has 0 unspecified atom stereocenters. The van der Waals surface area contributed by atoms with Gasteiger partial charge in [0, 0.05) is 11.9 Å². The van der Waals surface area contributed by atoms with Gasteiger partial charge in [-0.2, -0.15) is 0 Å². The van der Waals surface area contributed by atoms with Crippen molar-refractivity contribution in [2.24, 2.45) is 0 Å². The number of ether oxygens (including phenoxy) is 2. The van der Waals surface area contributed by atoms with Gasteiger partial charge < -0.3 is 14.8 Å². The number of methoxy groups -OCH3 is 1. The van der Waals surface area contributed by atoms with Gasteiger partial charge in [-0.1, -0.05) is 29.3 Å². The van der Waals surface area contributed by atoms with E-state index in [2.05, 4.69) is 11.9 Å². The lowest BCUT2D eigenvalue weighted by atomic mass is 10.2. The second-order valence-electron chi connectivity index (χ2n) is 4.37. The number of nitrogens with one attached hydrogen (secondary N) is 1. The summed E-state index contributed by atoms with van der Waals surface area (Å²) in [6, 6.07) is 3.38. The van der Waals surface area contributed by atoms with Crippen molar-refractivity contribution >= 4 is 56.5 Å². The summed E-state index contributed by atoms with van der Waals surface area (Å²) in [5.41, 5.74) is 0. The van der Waals surface area contributed by atoms with Crippen molar-refractivity contribution in [1.29, 1.82) is 0 Å². The summed E-state index contributed by atoms with van der Waals surface area (Å²) in [6.07, 6.45) is 1.53. The lowest BCUT2D eigenvalue weighted by molar-refractivity contribution is -0.124. The first-order valence-corrected chi connectivity index (χ1v) is 8.06. The van der Waals surface area contributed by atoms with Crippen molar-refractivity contribution in [3.05, 3.63) is 39.7 Å². The van der Waals surface area contributed by atoms with Crippen molar-refractivity contribution in [1.82, 2.24) is 5.32 Å². The Labute approximate surface area is 146 Å². The Hall–Kier alpha value is -1.76. The highest BCUT2D eigenvalue weighted by molar-refractivity contribution is 7.22. The zero-order chi connectivity index (χ0) is 17.0. The van der Waals surface area contributed by atoms with Gasteiger partial charge in [-0.05, 0) is 12.1 Å². The smallest absolute Gasteiger partial charge is 0.350 e. The van der Waals surface area contributed by atoms with Crippen LogP contribution in [-0.4, -0.2) is 32.1 Å². The molecule has 122 valence electrons. The number of benzene rings is 1. The largest absolute Gasteiger partial charge is 0.495 e. The number of halogens is 2. The topological polar surface area (TPSA) is 64.6 Å². The monoisotopic (exact) mass is 373 g/mol. The van der Waals surface area contributed by atoms with Crippen molar-refractivity contribution in [3.8, 4) is 5.75 Å². The molecule has 1 amide bonds. The molecule has 1 aromatic heterocycles. The van der Waals surface area contributed by atoms with E-state index in [0.29, 0.717) is 27.4 Å². The van der Waals surface area contributed by atoms with Crippen molar-refractivity contribution < 1.29 is 19.1 Å². The van der Waals surface area contributed by atoms with Crippen molar-refractivity contribution in [2.75, 3.05) is 20.3 Å². The fourth-order valence-electron chi connectivity index (χ4n) is 1.80. The van der Waals surface area contributed by atoms with Gasteiger partial charge in [0.2, 0.25) is 0 Å². The minimum atomic E-state index is -0.681. The third kappa shape index (κ3) is 3.77. The van der Waals surface area contributed by atoms with E-state index in [9.17, 15) is 9.59 Å². The summed E-state index contributed by atoms with van der Waals surface area (Å²) in [4.78, 5) is 23.7. The number of carbonyl (C=O) groups is 2. The third-order valence-electron chi connectivity index (χ3n) is 2.88. The summed E-state index contributed by atoms with van der Waals surface area (Å²) in [7, 11) is 1.50. The number of thiophene rings is 1. The van der Waals surface area contributed by atoms with Crippen LogP contribution in [0.3, 0.4) is 0 Å². The number of carbonyl (C=O) groups excluding carboxylic acids is 2. The molecule has 0 fully saturated rings.